The predicted molar refractivity (Wildman–Crippen MR) is 82.9 cm³/mol. The third kappa shape index (κ3) is 3.44. The standard InChI is InChI=1S/C13H20N6OS/c1-5-7-9-15-10(14-6-2)8(3)11(16-9)21-13-18-17-12(20)19(13)4/h5-7H2,1-4H3,(H,17,20)(H,14,15,16). The second-order valence-electron chi connectivity index (χ2n) is 4.67. The Morgan fingerprint density at radius 3 is 2.67 bits per heavy atom. The molecule has 0 saturated heterocycles. The molecule has 0 bridgehead atoms. The topological polar surface area (TPSA) is 88.5 Å². The quantitative estimate of drug-likeness (QED) is 0.790. The van der Waals surface area contributed by atoms with Gasteiger partial charge in [-0.3, -0.25) is 4.57 Å². The monoisotopic (exact) mass is 308 g/mol. The van der Waals surface area contributed by atoms with Crippen LogP contribution in [0, 0.1) is 6.92 Å². The number of aromatic nitrogens is 5. The molecule has 0 amide bonds. The van der Waals surface area contributed by atoms with Crippen molar-refractivity contribution in [3.8, 4) is 0 Å². The van der Waals surface area contributed by atoms with Crippen LogP contribution in [0.25, 0.3) is 0 Å². The number of hydrogen-bond donors (Lipinski definition) is 2. The Morgan fingerprint density at radius 1 is 1.33 bits per heavy atom. The van der Waals surface area contributed by atoms with E-state index in [0.29, 0.717) is 5.16 Å². The van der Waals surface area contributed by atoms with E-state index >= 15 is 0 Å². The number of H-pyrrole nitrogens is 1. The summed E-state index contributed by atoms with van der Waals surface area (Å²) in [6, 6.07) is 0. The van der Waals surface area contributed by atoms with Crippen molar-refractivity contribution in [3.05, 3.63) is 21.9 Å². The van der Waals surface area contributed by atoms with Crippen LogP contribution >= 0.6 is 11.8 Å². The van der Waals surface area contributed by atoms with Gasteiger partial charge in [0, 0.05) is 25.6 Å². The molecule has 2 aromatic rings. The molecule has 0 aromatic carbocycles. The van der Waals surface area contributed by atoms with Crippen LogP contribution in [0.1, 0.15) is 31.7 Å². The van der Waals surface area contributed by atoms with E-state index in [1.165, 1.54) is 16.3 Å². The highest BCUT2D eigenvalue weighted by Crippen LogP contribution is 2.29. The first kappa shape index (κ1) is 15.6. The molecule has 2 heterocycles. The van der Waals surface area contributed by atoms with Gasteiger partial charge >= 0.3 is 5.69 Å². The molecule has 0 aliphatic rings. The number of nitrogens with zero attached hydrogens (tertiary/aromatic N) is 4. The fraction of sp³-hybridized carbons (Fsp3) is 0.538. The van der Waals surface area contributed by atoms with Crippen molar-refractivity contribution in [2.75, 3.05) is 11.9 Å². The molecule has 2 aromatic heterocycles. The Bertz CT molecular complexity index is 678. The molecule has 7 nitrogen and oxygen atoms in total. The molecule has 0 aliphatic carbocycles. The van der Waals surface area contributed by atoms with Gasteiger partial charge < -0.3 is 5.32 Å². The molecule has 114 valence electrons. The van der Waals surface area contributed by atoms with E-state index in [1.807, 2.05) is 13.8 Å². The molecule has 2 rings (SSSR count). The van der Waals surface area contributed by atoms with E-state index in [-0.39, 0.29) is 5.69 Å². The third-order valence-corrected chi connectivity index (χ3v) is 4.13. The first-order valence-electron chi connectivity index (χ1n) is 6.97. The van der Waals surface area contributed by atoms with Crippen LogP contribution in [0.3, 0.4) is 0 Å². The van der Waals surface area contributed by atoms with Crippen molar-refractivity contribution >= 4 is 17.6 Å². The number of rotatable bonds is 6. The molecule has 0 unspecified atom stereocenters. The zero-order valence-electron chi connectivity index (χ0n) is 12.7. The molecule has 2 N–H and O–H groups in total. The van der Waals surface area contributed by atoms with Crippen LogP contribution < -0.4 is 11.0 Å². The smallest absolute Gasteiger partial charge is 0.343 e. The molecule has 21 heavy (non-hydrogen) atoms. The second-order valence-corrected chi connectivity index (χ2v) is 5.63. The van der Waals surface area contributed by atoms with Crippen molar-refractivity contribution in [1.29, 1.82) is 0 Å². The molecular weight excluding hydrogens is 288 g/mol. The molecule has 0 radical (unpaired) electrons. The summed E-state index contributed by atoms with van der Waals surface area (Å²) < 4.78 is 1.47. The van der Waals surface area contributed by atoms with Gasteiger partial charge in [0.2, 0.25) is 0 Å². The number of aryl methyl sites for hydroxylation is 1. The largest absolute Gasteiger partial charge is 0.370 e. The average Bonchev–Trinajstić information content (AvgIpc) is 2.76. The van der Waals surface area contributed by atoms with Crippen LogP contribution in [0.2, 0.25) is 0 Å². The summed E-state index contributed by atoms with van der Waals surface area (Å²) in [5.41, 5.74) is 0.738. The number of hydrogen-bond acceptors (Lipinski definition) is 6. The van der Waals surface area contributed by atoms with Gasteiger partial charge in [0.25, 0.3) is 0 Å². The lowest BCUT2D eigenvalue weighted by molar-refractivity contribution is 0.760. The summed E-state index contributed by atoms with van der Waals surface area (Å²) in [6.07, 6.45) is 1.81. The fourth-order valence-electron chi connectivity index (χ4n) is 1.82. The van der Waals surface area contributed by atoms with Gasteiger partial charge in [0.15, 0.2) is 5.16 Å². The van der Waals surface area contributed by atoms with Crippen molar-refractivity contribution < 1.29 is 0 Å². The Balaban J connectivity index is 2.41. The lowest BCUT2D eigenvalue weighted by Crippen LogP contribution is -2.13. The van der Waals surface area contributed by atoms with E-state index in [9.17, 15) is 4.79 Å². The third-order valence-electron chi connectivity index (χ3n) is 2.99. The van der Waals surface area contributed by atoms with E-state index in [0.717, 1.165) is 41.6 Å². The van der Waals surface area contributed by atoms with Crippen molar-refractivity contribution in [1.82, 2.24) is 24.7 Å². The maximum absolute atomic E-state index is 11.4. The Morgan fingerprint density at radius 2 is 2.10 bits per heavy atom. The summed E-state index contributed by atoms with van der Waals surface area (Å²) in [7, 11) is 1.68. The van der Waals surface area contributed by atoms with Crippen LogP contribution in [0.5, 0.6) is 0 Å². The first-order valence-corrected chi connectivity index (χ1v) is 7.79. The highest BCUT2D eigenvalue weighted by molar-refractivity contribution is 7.99. The lowest BCUT2D eigenvalue weighted by atomic mass is 10.3. The van der Waals surface area contributed by atoms with Gasteiger partial charge in [-0.15, -0.1) is 5.10 Å². The van der Waals surface area contributed by atoms with Gasteiger partial charge in [-0.1, -0.05) is 6.92 Å². The number of anilines is 1. The minimum absolute atomic E-state index is 0.232. The molecule has 0 aliphatic heterocycles. The van der Waals surface area contributed by atoms with Gasteiger partial charge in [0.05, 0.1) is 0 Å². The second kappa shape index (κ2) is 6.75. The van der Waals surface area contributed by atoms with Crippen molar-refractivity contribution in [2.24, 2.45) is 7.05 Å². The van der Waals surface area contributed by atoms with Gasteiger partial charge in [-0.2, -0.15) is 0 Å². The van der Waals surface area contributed by atoms with Crippen LogP contribution in [0.4, 0.5) is 5.82 Å². The van der Waals surface area contributed by atoms with Crippen LogP contribution in [-0.4, -0.2) is 31.3 Å². The molecule has 0 saturated carbocycles. The minimum atomic E-state index is -0.232. The fourth-order valence-corrected chi connectivity index (χ4v) is 2.71. The van der Waals surface area contributed by atoms with Crippen molar-refractivity contribution in [3.63, 3.8) is 0 Å². The maximum Gasteiger partial charge on any atom is 0.343 e. The Kier molecular flexibility index (Phi) is 5.00. The highest BCUT2D eigenvalue weighted by atomic mass is 32.2. The molecule has 0 spiro atoms. The Labute approximate surface area is 127 Å². The zero-order valence-corrected chi connectivity index (χ0v) is 13.5. The average molecular weight is 308 g/mol. The summed E-state index contributed by atoms with van der Waals surface area (Å²) >= 11 is 1.37. The van der Waals surface area contributed by atoms with E-state index in [4.69, 9.17) is 0 Å². The van der Waals surface area contributed by atoms with Gasteiger partial charge in [0.1, 0.15) is 16.7 Å². The lowest BCUT2D eigenvalue weighted by Gasteiger charge is -2.12. The predicted octanol–water partition coefficient (Wildman–Crippen LogP) is 1.74. The number of aromatic amines is 1. The first-order chi connectivity index (χ1) is 10.1. The zero-order chi connectivity index (χ0) is 15.4. The summed E-state index contributed by atoms with van der Waals surface area (Å²) in [5.74, 6) is 1.65. The van der Waals surface area contributed by atoms with Crippen molar-refractivity contribution in [2.45, 2.75) is 43.8 Å². The van der Waals surface area contributed by atoms with E-state index in [2.05, 4.69) is 32.4 Å². The molecule has 0 atom stereocenters. The molecule has 0 fully saturated rings. The highest BCUT2D eigenvalue weighted by Gasteiger charge is 2.14. The molecular formula is C13H20N6OS. The maximum atomic E-state index is 11.4. The summed E-state index contributed by atoms with van der Waals surface area (Å²) in [5, 5.41) is 11.1. The van der Waals surface area contributed by atoms with E-state index < -0.39 is 0 Å². The van der Waals surface area contributed by atoms with E-state index in [1.54, 1.807) is 7.05 Å². The van der Waals surface area contributed by atoms with Gasteiger partial charge in [-0.05, 0) is 32.0 Å². The summed E-state index contributed by atoms with van der Waals surface area (Å²) in [6.45, 7) is 6.90. The minimum Gasteiger partial charge on any atom is -0.370 e. The normalized spacial score (nSPS) is 10.9. The van der Waals surface area contributed by atoms with Gasteiger partial charge in [-0.25, -0.2) is 19.9 Å². The number of nitrogens with one attached hydrogen (secondary N) is 2. The Hall–Kier alpha value is -1.83. The SMILES string of the molecule is CCCc1nc(NCC)c(C)c(Sc2n[nH]c(=O)n2C)n1. The molecule has 8 heteroatoms. The van der Waals surface area contributed by atoms with Crippen LogP contribution in [0.15, 0.2) is 15.0 Å². The summed E-state index contributed by atoms with van der Waals surface area (Å²) in [4.78, 5) is 20.6. The van der Waals surface area contributed by atoms with Crippen LogP contribution in [-0.2, 0) is 13.5 Å².